The van der Waals surface area contributed by atoms with Crippen molar-refractivity contribution in [3.63, 3.8) is 0 Å². The molecule has 0 saturated carbocycles. The highest BCUT2D eigenvalue weighted by Gasteiger charge is 2.44. The summed E-state index contributed by atoms with van der Waals surface area (Å²) in [6.07, 6.45) is 0. The topological polar surface area (TPSA) is 68.3 Å². The van der Waals surface area contributed by atoms with Crippen LogP contribution in [0.15, 0.2) is 60.7 Å². The van der Waals surface area contributed by atoms with Gasteiger partial charge in [0.15, 0.2) is 11.5 Å². The van der Waals surface area contributed by atoms with Gasteiger partial charge in [-0.3, -0.25) is 9.59 Å². The number of nitrogens with zero attached hydrogens (tertiary/aromatic N) is 2. The molecule has 1 aliphatic rings. The number of ether oxygens (including phenoxy) is 3. The van der Waals surface area contributed by atoms with Gasteiger partial charge in [0, 0.05) is 25.3 Å². The predicted molar refractivity (Wildman–Crippen MR) is 144 cm³/mol. The zero-order valence-corrected chi connectivity index (χ0v) is 22.4. The molecule has 2 amide bonds. The van der Waals surface area contributed by atoms with E-state index in [1.54, 1.807) is 50.2 Å². The van der Waals surface area contributed by atoms with Crippen LogP contribution < -0.4 is 19.1 Å². The SMILES string of the molecule is COc1ccc(C2C(C(=O)N(C)c3ccc(C(C)C)cc3)c3cc(OC)c(OC)cc3C(=O)N2C)cc1. The number of fused-ring (bicyclic) bond motifs is 1. The highest BCUT2D eigenvalue weighted by molar-refractivity contribution is 6.05. The zero-order chi connectivity index (χ0) is 26.9. The number of benzene rings is 3. The van der Waals surface area contributed by atoms with Crippen LogP contribution in [0, 0.1) is 0 Å². The summed E-state index contributed by atoms with van der Waals surface area (Å²) in [4.78, 5) is 31.2. The van der Waals surface area contributed by atoms with E-state index >= 15 is 0 Å². The normalized spacial score (nSPS) is 16.9. The first kappa shape index (κ1) is 26.1. The van der Waals surface area contributed by atoms with Crippen LogP contribution in [0.4, 0.5) is 5.69 Å². The smallest absolute Gasteiger partial charge is 0.254 e. The lowest BCUT2D eigenvalue weighted by Gasteiger charge is -2.41. The number of carbonyl (C=O) groups is 2. The molecule has 0 radical (unpaired) electrons. The Kier molecular flexibility index (Phi) is 7.43. The van der Waals surface area contributed by atoms with Crippen molar-refractivity contribution in [3.05, 3.63) is 82.9 Å². The molecule has 7 heteroatoms. The third kappa shape index (κ3) is 4.73. The maximum atomic E-state index is 14.3. The summed E-state index contributed by atoms with van der Waals surface area (Å²) in [5.74, 6) is 0.993. The Labute approximate surface area is 218 Å². The first-order valence-electron chi connectivity index (χ1n) is 12.3. The second-order valence-electron chi connectivity index (χ2n) is 9.55. The molecular weight excluding hydrogens is 468 g/mol. The lowest BCUT2D eigenvalue weighted by molar-refractivity contribution is -0.121. The van der Waals surface area contributed by atoms with E-state index in [1.165, 1.54) is 12.7 Å². The number of hydrogen-bond acceptors (Lipinski definition) is 5. The van der Waals surface area contributed by atoms with Gasteiger partial charge in [-0.15, -0.1) is 0 Å². The predicted octanol–water partition coefficient (Wildman–Crippen LogP) is 5.41. The van der Waals surface area contributed by atoms with Gasteiger partial charge in [0.2, 0.25) is 5.91 Å². The molecule has 0 saturated heterocycles. The molecule has 2 atom stereocenters. The molecule has 0 bridgehead atoms. The summed E-state index contributed by atoms with van der Waals surface area (Å²) in [5.41, 5.74) is 3.85. The van der Waals surface area contributed by atoms with Crippen LogP contribution in [0.25, 0.3) is 0 Å². The molecule has 0 aliphatic carbocycles. The molecule has 0 spiro atoms. The van der Waals surface area contributed by atoms with Crippen LogP contribution in [0.1, 0.15) is 58.8 Å². The van der Waals surface area contributed by atoms with Gasteiger partial charge in [0.1, 0.15) is 5.75 Å². The maximum absolute atomic E-state index is 14.3. The summed E-state index contributed by atoms with van der Waals surface area (Å²) in [5, 5.41) is 0. The molecule has 4 rings (SSSR count). The molecule has 0 N–H and O–H groups in total. The van der Waals surface area contributed by atoms with Crippen molar-refractivity contribution in [1.29, 1.82) is 0 Å². The second-order valence-corrected chi connectivity index (χ2v) is 9.55. The standard InChI is InChI=1S/C30H34N2O5/c1-18(2)19-8-12-21(13-9-19)31(3)30(34)27-23-16-25(36-6)26(37-7)17-24(23)29(33)32(4)28(27)20-10-14-22(35-5)15-11-20/h8-18,27-28H,1-7H3. The van der Waals surface area contributed by atoms with Gasteiger partial charge in [0.05, 0.1) is 33.3 Å². The molecule has 2 unspecified atom stereocenters. The summed E-state index contributed by atoms with van der Waals surface area (Å²) >= 11 is 0. The van der Waals surface area contributed by atoms with E-state index in [9.17, 15) is 9.59 Å². The first-order chi connectivity index (χ1) is 17.7. The minimum Gasteiger partial charge on any atom is -0.497 e. The summed E-state index contributed by atoms with van der Waals surface area (Å²) in [7, 11) is 8.18. The van der Waals surface area contributed by atoms with Gasteiger partial charge in [-0.05, 0) is 59.0 Å². The summed E-state index contributed by atoms with van der Waals surface area (Å²) in [6, 6.07) is 18.4. The van der Waals surface area contributed by atoms with E-state index in [1.807, 2.05) is 48.5 Å². The molecule has 194 valence electrons. The number of amides is 2. The summed E-state index contributed by atoms with van der Waals surface area (Å²) < 4.78 is 16.3. The maximum Gasteiger partial charge on any atom is 0.254 e. The Hall–Kier alpha value is -4.00. The lowest BCUT2D eigenvalue weighted by Crippen LogP contribution is -2.46. The summed E-state index contributed by atoms with van der Waals surface area (Å²) in [6.45, 7) is 4.27. The van der Waals surface area contributed by atoms with Crippen molar-refractivity contribution < 1.29 is 23.8 Å². The van der Waals surface area contributed by atoms with E-state index in [-0.39, 0.29) is 11.8 Å². The van der Waals surface area contributed by atoms with Crippen LogP contribution in [0.5, 0.6) is 17.2 Å². The van der Waals surface area contributed by atoms with E-state index in [0.717, 1.165) is 11.3 Å². The fourth-order valence-electron chi connectivity index (χ4n) is 4.95. The number of carbonyl (C=O) groups excluding carboxylic acids is 2. The number of likely N-dealkylation sites (N-methyl/N-ethyl adjacent to an activating group) is 2. The fraction of sp³-hybridized carbons (Fsp3) is 0.333. The van der Waals surface area contributed by atoms with E-state index in [2.05, 4.69) is 13.8 Å². The number of anilines is 1. The number of rotatable bonds is 7. The van der Waals surface area contributed by atoms with Crippen LogP contribution in [0.2, 0.25) is 0 Å². The van der Waals surface area contributed by atoms with Crippen molar-refractivity contribution >= 4 is 17.5 Å². The average Bonchev–Trinajstić information content (AvgIpc) is 2.93. The van der Waals surface area contributed by atoms with E-state index in [4.69, 9.17) is 14.2 Å². The number of hydrogen-bond donors (Lipinski definition) is 0. The van der Waals surface area contributed by atoms with Gasteiger partial charge < -0.3 is 24.0 Å². The van der Waals surface area contributed by atoms with Crippen molar-refractivity contribution in [1.82, 2.24) is 4.90 Å². The van der Waals surface area contributed by atoms with Crippen LogP contribution >= 0.6 is 0 Å². The van der Waals surface area contributed by atoms with Crippen LogP contribution in [0.3, 0.4) is 0 Å². The minimum atomic E-state index is -0.680. The highest BCUT2D eigenvalue weighted by Crippen LogP contribution is 2.46. The largest absolute Gasteiger partial charge is 0.497 e. The molecule has 3 aromatic carbocycles. The van der Waals surface area contributed by atoms with Crippen LogP contribution in [-0.4, -0.2) is 52.1 Å². The minimum absolute atomic E-state index is 0.133. The Balaban J connectivity index is 1.87. The van der Waals surface area contributed by atoms with Gasteiger partial charge >= 0.3 is 0 Å². The molecule has 3 aromatic rings. The van der Waals surface area contributed by atoms with Crippen LogP contribution in [-0.2, 0) is 4.79 Å². The van der Waals surface area contributed by atoms with Gasteiger partial charge in [-0.1, -0.05) is 38.1 Å². The van der Waals surface area contributed by atoms with Crippen molar-refractivity contribution in [2.75, 3.05) is 40.3 Å². The van der Waals surface area contributed by atoms with Crippen molar-refractivity contribution in [2.45, 2.75) is 31.7 Å². The monoisotopic (exact) mass is 502 g/mol. The van der Waals surface area contributed by atoms with E-state index < -0.39 is 12.0 Å². The Morgan fingerprint density at radius 1 is 0.892 bits per heavy atom. The molecular formula is C30H34N2O5. The molecule has 1 heterocycles. The van der Waals surface area contributed by atoms with Gasteiger partial charge in [0.25, 0.3) is 5.91 Å². The fourth-order valence-corrected chi connectivity index (χ4v) is 4.95. The van der Waals surface area contributed by atoms with E-state index in [0.29, 0.717) is 34.3 Å². The molecule has 0 aromatic heterocycles. The quantitative estimate of drug-likeness (QED) is 0.432. The van der Waals surface area contributed by atoms with Gasteiger partial charge in [-0.25, -0.2) is 0 Å². The molecule has 7 nitrogen and oxygen atoms in total. The second kappa shape index (κ2) is 10.5. The zero-order valence-electron chi connectivity index (χ0n) is 22.4. The van der Waals surface area contributed by atoms with Crippen molar-refractivity contribution in [2.24, 2.45) is 0 Å². The first-order valence-corrected chi connectivity index (χ1v) is 12.3. The average molecular weight is 503 g/mol. The third-order valence-corrected chi connectivity index (χ3v) is 7.18. The molecule has 37 heavy (non-hydrogen) atoms. The molecule has 0 fully saturated rings. The highest BCUT2D eigenvalue weighted by atomic mass is 16.5. The number of methoxy groups -OCH3 is 3. The van der Waals surface area contributed by atoms with Crippen molar-refractivity contribution in [3.8, 4) is 17.2 Å². The Morgan fingerprint density at radius 3 is 2.03 bits per heavy atom. The van der Waals surface area contributed by atoms with Gasteiger partial charge in [-0.2, -0.15) is 0 Å². The Morgan fingerprint density at radius 2 is 1.49 bits per heavy atom. The third-order valence-electron chi connectivity index (χ3n) is 7.18. The molecule has 1 aliphatic heterocycles. The Bertz CT molecular complexity index is 1280. The lowest BCUT2D eigenvalue weighted by atomic mass is 9.78.